The molecule has 0 aliphatic carbocycles. The number of hydrogen-bond acceptors (Lipinski definition) is 2. The zero-order chi connectivity index (χ0) is 15.1. The van der Waals surface area contributed by atoms with Gasteiger partial charge in [0.15, 0.2) is 0 Å². The molecular formula is C14H19FN2O3. The summed E-state index contributed by atoms with van der Waals surface area (Å²) in [5, 5.41) is 11.4. The van der Waals surface area contributed by atoms with Gasteiger partial charge in [-0.25, -0.2) is 9.18 Å². The van der Waals surface area contributed by atoms with Crippen LogP contribution in [0.1, 0.15) is 25.8 Å². The number of amides is 2. The Morgan fingerprint density at radius 3 is 2.45 bits per heavy atom. The molecule has 0 radical (unpaired) electrons. The summed E-state index contributed by atoms with van der Waals surface area (Å²) in [6.07, 6.45) is -0.0994. The lowest BCUT2D eigenvalue weighted by molar-refractivity contribution is -0.138. The Morgan fingerprint density at radius 2 is 1.95 bits per heavy atom. The van der Waals surface area contributed by atoms with Gasteiger partial charge in [-0.2, -0.15) is 0 Å². The number of nitrogens with zero attached hydrogens (tertiary/aromatic N) is 1. The van der Waals surface area contributed by atoms with E-state index >= 15 is 0 Å². The van der Waals surface area contributed by atoms with Crippen molar-refractivity contribution >= 4 is 12.0 Å². The molecule has 1 rings (SSSR count). The highest BCUT2D eigenvalue weighted by Crippen LogP contribution is 2.06. The number of carbonyl (C=O) groups is 2. The molecule has 0 heterocycles. The average Bonchev–Trinajstić information content (AvgIpc) is 2.38. The van der Waals surface area contributed by atoms with E-state index in [1.54, 1.807) is 26.0 Å². The maximum atomic E-state index is 12.7. The van der Waals surface area contributed by atoms with Gasteiger partial charge < -0.3 is 15.3 Å². The molecule has 110 valence electrons. The van der Waals surface area contributed by atoms with E-state index in [4.69, 9.17) is 5.11 Å². The van der Waals surface area contributed by atoms with Gasteiger partial charge in [0.25, 0.3) is 0 Å². The summed E-state index contributed by atoms with van der Waals surface area (Å²) in [6, 6.07) is 5.12. The van der Waals surface area contributed by atoms with Crippen LogP contribution in [0.4, 0.5) is 9.18 Å². The van der Waals surface area contributed by atoms with E-state index in [-0.39, 0.29) is 30.9 Å². The van der Waals surface area contributed by atoms with E-state index in [1.165, 1.54) is 17.0 Å². The Morgan fingerprint density at radius 1 is 1.35 bits per heavy atom. The minimum atomic E-state index is -0.942. The van der Waals surface area contributed by atoms with Crippen molar-refractivity contribution in [3.8, 4) is 0 Å². The lowest BCUT2D eigenvalue weighted by Crippen LogP contribution is -2.45. The van der Waals surface area contributed by atoms with Gasteiger partial charge in [-0.15, -0.1) is 0 Å². The summed E-state index contributed by atoms with van der Waals surface area (Å²) >= 11 is 0. The van der Waals surface area contributed by atoms with E-state index in [1.807, 2.05) is 0 Å². The number of benzene rings is 1. The summed E-state index contributed by atoms with van der Waals surface area (Å²) in [4.78, 5) is 24.1. The molecule has 6 heteroatoms. The van der Waals surface area contributed by atoms with Crippen molar-refractivity contribution < 1.29 is 19.1 Å². The molecule has 0 saturated heterocycles. The van der Waals surface area contributed by atoms with Crippen LogP contribution in [-0.2, 0) is 11.3 Å². The van der Waals surface area contributed by atoms with E-state index in [0.717, 1.165) is 5.56 Å². The Balaban J connectivity index is 2.54. The Kier molecular flexibility index (Phi) is 5.96. The van der Waals surface area contributed by atoms with Crippen LogP contribution >= 0.6 is 0 Å². The third-order valence-electron chi connectivity index (χ3n) is 2.96. The predicted octanol–water partition coefficient (Wildman–Crippen LogP) is 2.22. The van der Waals surface area contributed by atoms with Gasteiger partial charge >= 0.3 is 12.0 Å². The molecule has 1 aromatic rings. The van der Waals surface area contributed by atoms with Crippen molar-refractivity contribution in [2.75, 3.05) is 6.54 Å². The quantitative estimate of drug-likeness (QED) is 0.840. The number of halogens is 1. The number of carbonyl (C=O) groups excluding carboxylic acids is 1. The highest BCUT2D eigenvalue weighted by Gasteiger charge is 2.20. The van der Waals surface area contributed by atoms with Crippen molar-refractivity contribution in [2.24, 2.45) is 0 Å². The normalized spacial score (nSPS) is 11.8. The van der Waals surface area contributed by atoms with Gasteiger partial charge in [-0.1, -0.05) is 12.1 Å². The maximum Gasteiger partial charge on any atom is 0.317 e. The lowest BCUT2D eigenvalue weighted by Gasteiger charge is -2.27. The number of carboxylic acid groups (broad SMARTS) is 1. The molecule has 1 aromatic carbocycles. The van der Waals surface area contributed by atoms with Crippen molar-refractivity contribution in [2.45, 2.75) is 32.9 Å². The number of aliphatic carboxylic acids is 1. The lowest BCUT2D eigenvalue weighted by atomic mass is 10.2. The first-order valence-corrected chi connectivity index (χ1v) is 6.44. The van der Waals surface area contributed by atoms with Gasteiger partial charge in [0, 0.05) is 19.1 Å². The molecular weight excluding hydrogens is 263 g/mol. The molecule has 0 aromatic heterocycles. The first-order chi connectivity index (χ1) is 9.43. The molecule has 5 nitrogen and oxygen atoms in total. The molecule has 1 atom stereocenters. The third-order valence-corrected chi connectivity index (χ3v) is 2.96. The van der Waals surface area contributed by atoms with Crippen molar-refractivity contribution in [1.82, 2.24) is 10.2 Å². The fourth-order valence-electron chi connectivity index (χ4n) is 1.90. The fourth-order valence-corrected chi connectivity index (χ4v) is 1.90. The molecule has 0 saturated carbocycles. The second kappa shape index (κ2) is 7.47. The zero-order valence-corrected chi connectivity index (χ0v) is 11.6. The third kappa shape index (κ3) is 4.87. The summed E-state index contributed by atoms with van der Waals surface area (Å²) in [7, 11) is 0. The second-order valence-electron chi connectivity index (χ2n) is 4.52. The molecule has 0 aliphatic heterocycles. The van der Waals surface area contributed by atoms with E-state index in [0.29, 0.717) is 6.54 Å². The van der Waals surface area contributed by atoms with Gasteiger partial charge in [-0.05, 0) is 31.5 Å². The highest BCUT2D eigenvalue weighted by atomic mass is 19.1. The van der Waals surface area contributed by atoms with Crippen LogP contribution in [0.5, 0.6) is 0 Å². The van der Waals surface area contributed by atoms with Crippen LogP contribution < -0.4 is 5.32 Å². The molecule has 0 aliphatic rings. The van der Waals surface area contributed by atoms with Crippen LogP contribution in [0, 0.1) is 5.82 Å². The molecule has 1 unspecified atom stereocenters. The summed E-state index contributed by atoms with van der Waals surface area (Å²) < 4.78 is 12.7. The van der Waals surface area contributed by atoms with Gasteiger partial charge in [0.2, 0.25) is 0 Å². The Bertz CT molecular complexity index is 462. The Labute approximate surface area is 117 Å². The molecule has 2 N–H and O–H groups in total. The highest BCUT2D eigenvalue weighted by molar-refractivity contribution is 5.75. The number of urea groups is 1. The minimum Gasteiger partial charge on any atom is -0.481 e. The first kappa shape index (κ1) is 15.9. The van der Waals surface area contributed by atoms with Crippen molar-refractivity contribution in [3.05, 3.63) is 35.6 Å². The van der Waals surface area contributed by atoms with Crippen LogP contribution in [0.2, 0.25) is 0 Å². The first-order valence-electron chi connectivity index (χ1n) is 6.44. The van der Waals surface area contributed by atoms with Crippen LogP contribution in [0.15, 0.2) is 24.3 Å². The SMILES string of the molecule is CCN(C(=O)NCc1ccc(F)cc1)C(C)CC(=O)O. The minimum absolute atomic E-state index is 0.0994. The molecule has 0 fully saturated rings. The molecule has 20 heavy (non-hydrogen) atoms. The summed E-state index contributed by atoms with van der Waals surface area (Å²) in [5.74, 6) is -1.27. The molecule has 0 bridgehead atoms. The van der Waals surface area contributed by atoms with E-state index in [9.17, 15) is 14.0 Å². The number of hydrogen-bond donors (Lipinski definition) is 2. The van der Waals surface area contributed by atoms with Crippen LogP contribution in [0.25, 0.3) is 0 Å². The van der Waals surface area contributed by atoms with Gasteiger partial charge in [-0.3, -0.25) is 4.79 Å². The van der Waals surface area contributed by atoms with Gasteiger partial charge in [0.05, 0.1) is 6.42 Å². The Hall–Kier alpha value is -2.11. The largest absolute Gasteiger partial charge is 0.481 e. The summed E-state index contributed by atoms with van der Waals surface area (Å²) in [6.45, 7) is 4.17. The zero-order valence-electron chi connectivity index (χ0n) is 11.6. The van der Waals surface area contributed by atoms with Crippen molar-refractivity contribution in [3.63, 3.8) is 0 Å². The topological polar surface area (TPSA) is 69.6 Å². The maximum absolute atomic E-state index is 12.7. The second-order valence-corrected chi connectivity index (χ2v) is 4.52. The van der Waals surface area contributed by atoms with Crippen LogP contribution in [-0.4, -0.2) is 34.6 Å². The van der Waals surface area contributed by atoms with Gasteiger partial charge in [0.1, 0.15) is 5.82 Å². The number of rotatable bonds is 6. The number of nitrogens with one attached hydrogen (secondary N) is 1. The smallest absolute Gasteiger partial charge is 0.317 e. The standard InChI is InChI=1S/C14H19FN2O3/c1-3-17(10(2)8-13(18)19)14(20)16-9-11-4-6-12(15)7-5-11/h4-7,10H,3,8-9H2,1-2H3,(H,16,20)(H,18,19). The molecule has 2 amide bonds. The predicted molar refractivity (Wildman–Crippen MR) is 72.7 cm³/mol. The number of carboxylic acids is 1. The van der Waals surface area contributed by atoms with E-state index in [2.05, 4.69) is 5.32 Å². The van der Waals surface area contributed by atoms with Crippen LogP contribution in [0.3, 0.4) is 0 Å². The van der Waals surface area contributed by atoms with E-state index < -0.39 is 5.97 Å². The average molecular weight is 282 g/mol. The molecule has 0 spiro atoms. The fraction of sp³-hybridized carbons (Fsp3) is 0.429. The monoisotopic (exact) mass is 282 g/mol. The summed E-state index contributed by atoms with van der Waals surface area (Å²) in [5.41, 5.74) is 0.779. The van der Waals surface area contributed by atoms with Crippen molar-refractivity contribution in [1.29, 1.82) is 0 Å².